The van der Waals surface area contributed by atoms with Gasteiger partial charge in [-0.1, -0.05) is 0 Å². The number of aryl methyl sites for hydroxylation is 2. The molecule has 0 spiro atoms. The highest BCUT2D eigenvalue weighted by Crippen LogP contribution is 2.18. The number of nitrogens with one attached hydrogen (secondary N) is 1. The molecule has 0 saturated heterocycles. The number of hydrogen-bond acceptors (Lipinski definition) is 3. The van der Waals surface area contributed by atoms with Crippen molar-refractivity contribution in [2.75, 3.05) is 5.32 Å². The van der Waals surface area contributed by atoms with Crippen LogP contribution < -0.4 is 5.32 Å². The molecule has 0 aromatic carbocycles. The van der Waals surface area contributed by atoms with Gasteiger partial charge in [-0.05, 0) is 29.8 Å². The number of anilines is 1. The lowest BCUT2D eigenvalue weighted by Gasteiger charge is -2.02. The zero-order chi connectivity index (χ0) is 13.3. The molecule has 2 aromatic heterocycles. The van der Waals surface area contributed by atoms with E-state index in [0.717, 1.165) is 12.2 Å². The number of carbonyl (C=O) groups excluding carboxylic acids is 1. The van der Waals surface area contributed by atoms with Crippen LogP contribution in [0.3, 0.4) is 0 Å². The average Bonchev–Trinajstić information content (AvgIpc) is 2.86. The van der Waals surface area contributed by atoms with Gasteiger partial charge in [0.25, 0.3) is 5.91 Å². The number of amides is 1. The van der Waals surface area contributed by atoms with Crippen LogP contribution in [-0.2, 0) is 13.6 Å². The molecule has 96 valence electrons. The van der Waals surface area contributed by atoms with Crippen molar-refractivity contribution >= 4 is 27.5 Å². The lowest BCUT2D eigenvalue weighted by atomic mass is 10.3. The topological polar surface area (TPSA) is 64.7 Å². The van der Waals surface area contributed by atoms with Crippen LogP contribution in [0, 0.1) is 6.92 Å². The third-order valence-electron chi connectivity index (χ3n) is 2.74. The summed E-state index contributed by atoms with van der Waals surface area (Å²) in [6.07, 6.45) is 3.41. The van der Waals surface area contributed by atoms with E-state index in [9.17, 15) is 4.79 Å². The van der Waals surface area contributed by atoms with Gasteiger partial charge >= 0.3 is 0 Å². The monoisotopic (exact) mass is 311 g/mol. The molecule has 2 heterocycles. The molecular weight excluding hydrogens is 298 g/mol. The fourth-order valence-corrected chi connectivity index (χ4v) is 2.01. The van der Waals surface area contributed by atoms with E-state index in [1.54, 1.807) is 21.8 Å². The normalized spacial score (nSPS) is 10.7. The minimum absolute atomic E-state index is 0.245. The Morgan fingerprint density at radius 3 is 2.78 bits per heavy atom. The van der Waals surface area contributed by atoms with Crippen LogP contribution in [0.15, 0.2) is 16.9 Å². The van der Waals surface area contributed by atoms with Crippen LogP contribution in [-0.4, -0.2) is 25.5 Å². The van der Waals surface area contributed by atoms with E-state index in [2.05, 4.69) is 31.4 Å². The Morgan fingerprint density at radius 1 is 1.56 bits per heavy atom. The van der Waals surface area contributed by atoms with Gasteiger partial charge in [0.1, 0.15) is 0 Å². The van der Waals surface area contributed by atoms with E-state index >= 15 is 0 Å². The first-order valence-electron chi connectivity index (χ1n) is 5.55. The van der Waals surface area contributed by atoms with Crippen LogP contribution in [0.2, 0.25) is 0 Å². The quantitative estimate of drug-likeness (QED) is 0.942. The number of hydrogen-bond donors (Lipinski definition) is 1. The minimum atomic E-state index is -0.245. The van der Waals surface area contributed by atoms with E-state index in [-0.39, 0.29) is 5.91 Å². The van der Waals surface area contributed by atoms with Gasteiger partial charge in [-0.2, -0.15) is 10.2 Å². The Labute approximate surface area is 113 Å². The molecule has 6 nitrogen and oxygen atoms in total. The van der Waals surface area contributed by atoms with Crippen molar-refractivity contribution in [1.29, 1.82) is 0 Å². The number of carbonyl (C=O) groups is 1. The van der Waals surface area contributed by atoms with Gasteiger partial charge in [0.15, 0.2) is 5.69 Å². The highest BCUT2D eigenvalue weighted by atomic mass is 79.9. The summed E-state index contributed by atoms with van der Waals surface area (Å²) < 4.78 is 4.09. The van der Waals surface area contributed by atoms with Crippen molar-refractivity contribution in [2.24, 2.45) is 7.05 Å². The second-order valence-electron chi connectivity index (χ2n) is 3.90. The highest BCUT2D eigenvalue weighted by molar-refractivity contribution is 9.10. The summed E-state index contributed by atoms with van der Waals surface area (Å²) in [6, 6.07) is 0. The van der Waals surface area contributed by atoms with Crippen LogP contribution in [0.25, 0.3) is 0 Å². The molecule has 0 unspecified atom stereocenters. The van der Waals surface area contributed by atoms with Crippen molar-refractivity contribution in [1.82, 2.24) is 19.6 Å². The highest BCUT2D eigenvalue weighted by Gasteiger charge is 2.16. The first kappa shape index (κ1) is 12.8. The van der Waals surface area contributed by atoms with E-state index in [1.165, 1.54) is 0 Å². The Bertz CT molecular complexity index is 586. The Balaban J connectivity index is 2.21. The third-order valence-corrected chi connectivity index (χ3v) is 3.32. The Morgan fingerprint density at radius 2 is 2.28 bits per heavy atom. The number of halogens is 1. The lowest BCUT2D eigenvalue weighted by Crippen LogP contribution is -2.14. The smallest absolute Gasteiger partial charge is 0.277 e. The van der Waals surface area contributed by atoms with Crippen LogP contribution in [0.1, 0.15) is 23.1 Å². The van der Waals surface area contributed by atoms with Crippen LogP contribution in [0.4, 0.5) is 5.69 Å². The summed E-state index contributed by atoms with van der Waals surface area (Å²) in [5, 5.41) is 11.1. The van der Waals surface area contributed by atoms with Crippen molar-refractivity contribution < 1.29 is 4.79 Å². The summed E-state index contributed by atoms with van der Waals surface area (Å²) >= 11 is 3.33. The fraction of sp³-hybridized carbons (Fsp3) is 0.364. The predicted octanol–water partition coefficient (Wildman–Crippen LogP) is 1.96. The molecule has 0 bridgehead atoms. The molecule has 0 aliphatic rings. The zero-order valence-electron chi connectivity index (χ0n) is 10.4. The minimum Gasteiger partial charge on any atom is -0.318 e. The molecule has 7 heteroatoms. The van der Waals surface area contributed by atoms with E-state index < -0.39 is 0 Å². The molecule has 18 heavy (non-hydrogen) atoms. The summed E-state index contributed by atoms with van der Waals surface area (Å²) in [4.78, 5) is 12.1. The van der Waals surface area contributed by atoms with Crippen LogP contribution >= 0.6 is 15.9 Å². The maximum absolute atomic E-state index is 12.1. The van der Waals surface area contributed by atoms with Crippen molar-refractivity contribution in [3.8, 4) is 0 Å². The van der Waals surface area contributed by atoms with Crippen molar-refractivity contribution in [3.05, 3.63) is 28.3 Å². The molecule has 2 rings (SSSR count). The van der Waals surface area contributed by atoms with Gasteiger partial charge in [0.2, 0.25) is 0 Å². The molecule has 0 saturated carbocycles. The van der Waals surface area contributed by atoms with Gasteiger partial charge < -0.3 is 5.32 Å². The molecular formula is C11H14BrN5O. The van der Waals surface area contributed by atoms with Gasteiger partial charge in [-0.3, -0.25) is 14.2 Å². The largest absolute Gasteiger partial charge is 0.318 e. The summed E-state index contributed by atoms with van der Waals surface area (Å²) in [5.74, 6) is -0.245. The number of aromatic nitrogens is 4. The second-order valence-corrected chi connectivity index (χ2v) is 4.76. The van der Waals surface area contributed by atoms with E-state index in [4.69, 9.17) is 0 Å². The molecule has 0 aliphatic carbocycles. The van der Waals surface area contributed by atoms with Gasteiger partial charge in [-0.25, -0.2) is 0 Å². The molecule has 2 aromatic rings. The Hall–Kier alpha value is -1.63. The van der Waals surface area contributed by atoms with E-state index in [1.807, 2.05) is 20.9 Å². The molecule has 1 N–H and O–H groups in total. The molecule has 1 amide bonds. The molecule has 0 radical (unpaired) electrons. The first-order valence-corrected chi connectivity index (χ1v) is 6.35. The van der Waals surface area contributed by atoms with Crippen LogP contribution in [0.5, 0.6) is 0 Å². The standard InChI is InChI=1S/C11H14BrN5O/c1-4-17-6-8(12)10(15-17)11(18)14-9-5-13-16(3)7(9)2/h5-6H,4H2,1-3H3,(H,14,18). The van der Waals surface area contributed by atoms with Gasteiger partial charge in [0, 0.05) is 19.8 Å². The second kappa shape index (κ2) is 4.93. The molecule has 0 aliphatic heterocycles. The first-order chi connectivity index (χ1) is 8.52. The van der Waals surface area contributed by atoms with Gasteiger partial charge in [-0.15, -0.1) is 0 Å². The average molecular weight is 312 g/mol. The zero-order valence-corrected chi connectivity index (χ0v) is 12.0. The lowest BCUT2D eigenvalue weighted by molar-refractivity contribution is 0.102. The van der Waals surface area contributed by atoms with Crippen molar-refractivity contribution in [3.63, 3.8) is 0 Å². The fourth-order valence-electron chi connectivity index (χ4n) is 1.52. The van der Waals surface area contributed by atoms with E-state index in [0.29, 0.717) is 15.9 Å². The summed E-state index contributed by atoms with van der Waals surface area (Å²) in [6.45, 7) is 4.58. The maximum Gasteiger partial charge on any atom is 0.277 e. The van der Waals surface area contributed by atoms with Gasteiger partial charge in [0.05, 0.1) is 22.1 Å². The Kier molecular flexibility index (Phi) is 3.51. The SMILES string of the molecule is CCn1cc(Br)c(C(=O)Nc2cnn(C)c2C)n1. The third kappa shape index (κ3) is 2.31. The number of rotatable bonds is 3. The summed E-state index contributed by atoms with van der Waals surface area (Å²) in [5.41, 5.74) is 1.97. The maximum atomic E-state index is 12.1. The molecule has 0 fully saturated rings. The van der Waals surface area contributed by atoms with Crippen molar-refractivity contribution in [2.45, 2.75) is 20.4 Å². The predicted molar refractivity (Wildman–Crippen MR) is 71.5 cm³/mol. The number of nitrogens with zero attached hydrogens (tertiary/aromatic N) is 4. The molecule has 0 atom stereocenters. The summed E-state index contributed by atoms with van der Waals surface area (Å²) in [7, 11) is 1.83.